The van der Waals surface area contributed by atoms with E-state index in [0.717, 1.165) is 12.1 Å². The van der Waals surface area contributed by atoms with Crippen molar-refractivity contribution in [3.8, 4) is 0 Å². The Morgan fingerprint density at radius 2 is 1.72 bits per heavy atom. The molecule has 0 radical (unpaired) electrons. The number of aliphatic hydroxyl groups excluding tert-OH is 2. The molecule has 0 unspecified atom stereocenters. The van der Waals surface area contributed by atoms with Crippen molar-refractivity contribution < 1.29 is 23.8 Å². The van der Waals surface area contributed by atoms with Gasteiger partial charge in [0.15, 0.2) is 0 Å². The van der Waals surface area contributed by atoms with Crippen LogP contribution in [-0.4, -0.2) is 32.6 Å². The molecule has 0 spiro atoms. The molecule has 0 aliphatic rings. The first-order valence-electron chi connectivity index (χ1n) is 9.73. The molecule has 5 nitrogen and oxygen atoms in total. The number of allylic oxidation sites excluding steroid dienone is 1. The molecule has 0 bridgehead atoms. The molecule has 0 saturated heterocycles. The molecule has 0 aliphatic heterocycles. The number of halogens is 2. The van der Waals surface area contributed by atoms with E-state index < -0.39 is 23.2 Å². The van der Waals surface area contributed by atoms with E-state index in [9.17, 15) is 18.7 Å². The van der Waals surface area contributed by atoms with Gasteiger partial charge in [-0.2, -0.15) is 0 Å². The second-order valence-corrected chi connectivity index (χ2v) is 7.02. The number of imidazole rings is 1. The number of rotatable bonds is 6. The fraction of sp³-hybridized carbons (Fsp3) is 0.0400. The molecule has 32 heavy (non-hydrogen) atoms. The Labute approximate surface area is 182 Å². The van der Waals surface area contributed by atoms with E-state index in [1.54, 1.807) is 54.6 Å². The van der Waals surface area contributed by atoms with Gasteiger partial charge >= 0.3 is 0 Å². The number of nitrogens with zero attached hydrogens (tertiary/aromatic N) is 1. The highest BCUT2D eigenvalue weighted by atomic mass is 19.1. The van der Waals surface area contributed by atoms with Gasteiger partial charge in [-0.25, -0.2) is 13.8 Å². The number of aromatic nitrogens is 2. The van der Waals surface area contributed by atoms with Gasteiger partial charge in [-0.05, 0) is 35.9 Å². The molecular formula is C25H18F2N2O3. The molecule has 0 amide bonds. The number of nitrogens with one attached hydrogen (secondary N) is 1. The maximum Gasteiger partial charge on any atom is 0.200 e. The van der Waals surface area contributed by atoms with E-state index in [1.807, 2.05) is 0 Å². The van der Waals surface area contributed by atoms with Gasteiger partial charge < -0.3 is 15.2 Å². The summed E-state index contributed by atoms with van der Waals surface area (Å²) in [5.74, 6) is -2.91. The quantitative estimate of drug-likeness (QED) is 0.223. The highest BCUT2D eigenvalue weighted by Crippen LogP contribution is 2.29. The third-order valence-corrected chi connectivity index (χ3v) is 4.79. The maximum absolute atomic E-state index is 13.8. The minimum absolute atomic E-state index is 0.0645. The van der Waals surface area contributed by atoms with Gasteiger partial charge in [0.1, 0.15) is 28.8 Å². The van der Waals surface area contributed by atoms with E-state index >= 15 is 0 Å². The summed E-state index contributed by atoms with van der Waals surface area (Å²) in [6.07, 6.45) is 3.16. The normalized spacial score (nSPS) is 12.3. The van der Waals surface area contributed by atoms with Gasteiger partial charge in [0.05, 0.1) is 17.6 Å². The Bertz CT molecular complexity index is 1320. The zero-order chi connectivity index (χ0) is 22.7. The van der Waals surface area contributed by atoms with Crippen LogP contribution in [0.4, 0.5) is 8.78 Å². The zero-order valence-electron chi connectivity index (χ0n) is 16.7. The van der Waals surface area contributed by atoms with Crippen LogP contribution >= 0.6 is 0 Å². The van der Waals surface area contributed by atoms with Crippen LogP contribution in [-0.2, 0) is 0 Å². The number of aromatic amines is 1. The lowest BCUT2D eigenvalue weighted by Gasteiger charge is -2.10. The highest BCUT2D eigenvalue weighted by Gasteiger charge is 2.24. The first-order chi connectivity index (χ1) is 15.5. The number of hydrogen-bond acceptors (Lipinski definition) is 4. The fourth-order valence-corrected chi connectivity index (χ4v) is 3.35. The van der Waals surface area contributed by atoms with Crippen molar-refractivity contribution in [1.82, 2.24) is 9.97 Å². The molecule has 0 aliphatic carbocycles. The molecule has 4 rings (SSSR count). The molecule has 7 heteroatoms. The summed E-state index contributed by atoms with van der Waals surface area (Å²) in [5, 5.41) is 20.0. The third kappa shape index (κ3) is 4.33. The van der Waals surface area contributed by atoms with Crippen molar-refractivity contribution in [3.05, 3.63) is 107 Å². The smallest absolute Gasteiger partial charge is 0.200 e. The highest BCUT2D eigenvalue weighted by molar-refractivity contribution is 6.33. The lowest BCUT2D eigenvalue weighted by Crippen LogP contribution is -2.08. The number of hydrogen-bond donors (Lipinski definition) is 3. The largest absolute Gasteiger partial charge is 0.506 e. The number of aliphatic hydroxyl groups is 2. The second-order valence-electron chi connectivity index (χ2n) is 7.02. The molecular weight excluding hydrogens is 414 g/mol. The molecule has 3 N–H and O–H groups in total. The predicted molar refractivity (Wildman–Crippen MR) is 119 cm³/mol. The van der Waals surface area contributed by atoms with Crippen LogP contribution in [0.25, 0.3) is 28.4 Å². The molecule has 0 saturated carbocycles. The van der Waals surface area contributed by atoms with Crippen LogP contribution in [0.3, 0.4) is 0 Å². The zero-order valence-corrected chi connectivity index (χ0v) is 16.7. The minimum Gasteiger partial charge on any atom is -0.506 e. The standard InChI is InChI=1S/C25H18F2N2O3/c26-18-12-17(13-19(27)14-18)24(32)22(25-28-20-8-1-2-9-21(20)29-25)23(31)16-7-3-5-15(11-16)6-4-10-30/h1-9,11-14,30,32H,10H2,(H,28,29)/b6-4+,24-22-. The molecule has 4 aromatic rings. The SMILES string of the molecule is O=C(/C(=C(/O)c1cc(F)cc(F)c1)c1nc2ccccc2[nH]1)c1cccc(/C=C/CO)c1. The van der Waals surface area contributed by atoms with Crippen molar-refractivity contribution in [3.63, 3.8) is 0 Å². The Morgan fingerprint density at radius 1 is 0.969 bits per heavy atom. The number of ketones is 1. The van der Waals surface area contributed by atoms with Crippen LogP contribution < -0.4 is 0 Å². The van der Waals surface area contributed by atoms with Gasteiger partial charge in [-0.1, -0.05) is 42.5 Å². The Balaban J connectivity index is 1.91. The van der Waals surface area contributed by atoms with Gasteiger partial charge in [-0.15, -0.1) is 0 Å². The van der Waals surface area contributed by atoms with E-state index in [-0.39, 0.29) is 29.1 Å². The average molecular weight is 432 g/mol. The number of H-pyrrole nitrogens is 1. The molecule has 0 atom stereocenters. The van der Waals surface area contributed by atoms with Gasteiger partial charge in [0.2, 0.25) is 5.78 Å². The average Bonchev–Trinajstić information content (AvgIpc) is 3.20. The number of carbonyl (C=O) groups excluding carboxylic acids is 1. The van der Waals surface area contributed by atoms with Crippen LogP contribution in [0, 0.1) is 11.6 Å². The van der Waals surface area contributed by atoms with E-state index in [1.165, 1.54) is 6.08 Å². The van der Waals surface area contributed by atoms with E-state index in [0.29, 0.717) is 22.7 Å². The monoisotopic (exact) mass is 432 g/mol. The number of fused-ring (bicyclic) bond motifs is 1. The van der Waals surface area contributed by atoms with Crippen molar-refractivity contribution >= 4 is 34.2 Å². The van der Waals surface area contributed by atoms with Gasteiger partial charge in [-0.3, -0.25) is 4.79 Å². The summed E-state index contributed by atoms with van der Waals surface area (Å²) in [4.78, 5) is 20.9. The van der Waals surface area contributed by atoms with Crippen LogP contribution in [0.2, 0.25) is 0 Å². The lowest BCUT2D eigenvalue weighted by atomic mass is 9.97. The molecule has 3 aromatic carbocycles. The summed E-state index contributed by atoms with van der Waals surface area (Å²) < 4.78 is 27.6. The summed E-state index contributed by atoms with van der Waals surface area (Å²) in [6, 6.07) is 16.1. The van der Waals surface area contributed by atoms with E-state index in [2.05, 4.69) is 9.97 Å². The Morgan fingerprint density at radius 3 is 2.44 bits per heavy atom. The molecule has 1 aromatic heterocycles. The first-order valence-corrected chi connectivity index (χ1v) is 9.73. The maximum atomic E-state index is 13.8. The number of para-hydroxylation sites is 2. The predicted octanol–water partition coefficient (Wildman–Crippen LogP) is 5.16. The number of Topliss-reactive ketones (excluding diaryl/α,β-unsaturated/α-hetero) is 1. The van der Waals surface area contributed by atoms with Crippen molar-refractivity contribution in [2.45, 2.75) is 0 Å². The van der Waals surface area contributed by atoms with Crippen molar-refractivity contribution in [1.29, 1.82) is 0 Å². The Hall–Kier alpha value is -4.10. The van der Waals surface area contributed by atoms with E-state index in [4.69, 9.17) is 5.11 Å². The van der Waals surface area contributed by atoms with Crippen molar-refractivity contribution in [2.24, 2.45) is 0 Å². The third-order valence-electron chi connectivity index (χ3n) is 4.79. The first kappa shape index (κ1) is 21.1. The molecule has 0 fully saturated rings. The molecule has 160 valence electrons. The Kier molecular flexibility index (Phi) is 5.91. The van der Waals surface area contributed by atoms with Crippen LogP contribution in [0.5, 0.6) is 0 Å². The van der Waals surface area contributed by atoms with Crippen LogP contribution in [0.1, 0.15) is 27.3 Å². The van der Waals surface area contributed by atoms with Gasteiger partial charge in [0, 0.05) is 17.2 Å². The summed E-state index contributed by atoms with van der Waals surface area (Å²) in [5.41, 5.74) is 1.66. The number of carbonyl (C=O) groups is 1. The molecule has 1 heterocycles. The van der Waals surface area contributed by atoms with Crippen molar-refractivity contribution in [2.75, 3.05) is 6.61 Å². The fourth-order valence-electron chi connectivity index (χ4n) is 3.35. The minimum atomic E-state index is -0.890. The number of benzene rings is 3. The van der Waals surface area contributed by atoms with Gasteiger partial charge in [0.25, 0.3) is 0 Å². The second kappa shape index (κ2) is 8.95. The summed E-state index contributed by atoms with van der Waals surface area (Å²) in [7, 11) is 0. The summed E-state index contributed by atoms with van der Waals surface area (Å²) >= 11 is 0. The lowest BCUT2D eigenvalue weighted by molar-refractivity contribution is 0.105. The van der Waals surface area contributed by atoms with Crippen LogP contribution in [0.15, 0.2) is 72.8 Å². The topological polar surface area (TPSA) is 86.2 Å². The summed E-state index contributed by atoms with van der Waals surface area (Å²) in [6.45, 7) is -0.158.